The van der Waals surface area contributed by atoms with E-state index in [1.165, 1.54) is 12.2 Å². The Morgan fingerprint density at radius 2 is 1.29 bits per heavy atom. The van der Waals surface area contributed by atoms with Crippen LogP contribution in [-0.2, 0) is 19.4 Å². The molecule has 0 unspecified atom stereocenters. The van der Waals surface area contributed by atoms with Crippen LogP contribution in [0.5, 0.6) is 0 Å². The summed E-state index contributed by atoms with van der Waals surface area (Å²) in [6.07, 6.45) is 3.57. The Bertz CT molecular complexity index is 536. The van der Waals surface area contributed by atoms with Gasteiger partial charge in [0.05, 0.1) is 11.5 Å². The molecule has 0 aromatic carbocycles. The second-order valence-corrected chi connectivity index (χ2v) is 7.06. The quantitative estimate of drug-likeness (QED) is 0.587. The van der Waals surface area contributed by atoms with Crippen LogP contribution in [0.4, 0.5) is 0 Å². The minimum absolute atomic E-state index is 0.0366. The molecule has 90 valence electrons. The van der Waals surface area contributed by atoms with Crippen molar-refractivity contribution in [1.29, 1.82) is 0 Å². The average Bonchev–Trinajstić information content (AvgIpc) is 2.54. The van der Waals surface area contributed by atoms with Crippen molar-refractivity contribution in [2.45, 2.75) is 12.8 Å². The van der Waals surface area contributed by atoms with E-state index in [1.54, 1.807) is 0 Å². The summed E-state index contributed by atoms with van der Waals surface area (Å²) >= 11 is 0. The first-order valence-corrected chi connectivity index (χ1v) is 7.44. The van der Waals surface area contributed by atoms with Gasteiger partial charge < -0.3 is 0 Å². The van der Waals surface area contributed by atoms with Gasteiger partial charge in [0, 0.05) is 11.8 Å². The van der Waals surface area contributed by atoms with Crippen LogP contribution < -0.4 is 0 Å². The lowest BCUT2D eigenvalue weighted by atomic mass is 9.70. The van der Waals surface area contributed by atoms with Gasteiger partial charge in [-0.05, 0) is 25.0 Å². The molecule has 0 saturated heterocycles. The minimum Gasteiger partial charge on any atom is -0.295 e. The van der Waals surface area contributed by atoms with Crippen LogP contribution in [0.2, 0.25) is 0 Å². The van der Waals surface area contributed by atoms with Gasteiger partial charge in [0.25, 0.3) is 0 Å². The van der Waals surface area contributed by atoms with Gasteiger partial charge in [0.1, 0.15) is 0 Å². The van der Waals surface area contributed by atoms with Crippen LogP contribution in [0.25, 0.3) is 0 Å². The smallest absolute Gasteiger partial charge is 0.159 e. The molecule has 0 aromatic heterocycles. The zero-order valence-corrected chi connectivity index (χ0v) is 10.00. The lowest BCUT2D eigenvalue weighted by Crippen LogP contribution is -2.35. The first kappa shape index (κ1) is 10.9. The minimum atomic E-state index is -3.02. The number of allylic oxidation sites excluding steroid dienone is 2. The molecule has 2 aliphatic carbocycles. The maximum Gasteiger partial charge on any atom is 0.159 e. The highest BCUT2D eigenvalue weighted by Crippen LogP contribution is 2.41. The second kappa shape index (κ2) is 3.38. The van der Waals surface area contributed by atoms with Crippen LogP contribution in [0.15, 0.2) is 23.3 Å². The average molecular weight is 252 g/mol. The molecule has 1 aliphatic heterocycles. The number of hydrogen-bond acceptors (Lipinski definition) is 4. The van der Waals surface area contributed by atoms with Gasteiger partial charge in [-0.25, -0.2) is 8.42 Å². The number of hydrogen-bond donors (Lipinski definition) is 0. The molecule has 0 fully saturated rings. The molecule has 3 rings (SSSR count). The lowest BCUT2D eigenvalue weighted by molar-refractivity contribution is -0.129. The van der Waals surface area contributed by atoms with Gasteiger partial charge in [-0.15, -0.1) is 0 Å². The fraction of sp³-hybridized carbons (Fsp3) is 0.500. The summed E-state index contributed by atoms with van der Waals surface area (Å²) in [4.78, 5) is 23.4. The van der Waals surface area contributed by atoms with E-state index >= 15 is 0 Å². The first-order valence-electron chi connectivity index (χ1n) is 5.62. The molecule has 0 saturated carbocycles. The van der Waals surface area contributed by atoms with E-state index in [9.17, 15) is 18.0 Å². The van der Waals surface area contributed by atoms with Crippen LogP contribution in [-0.4, -0.2) is 31.5 Å². The van der Waals surface area contributed by atoms with Crippen molar-refractivity contribution in [2.75, 3.05) is 11.5 Å². The number of sulfone groups is 1. The zero-order chi connectivity index (χ0) is 12.2. The van der Waals surface area contributed by atoms with Crippen LogP contribution in [0, 0.1) is 11.8 Å². The largest absolute Gasteiger partial charge is 0.295 e. The molecular formula is C12H12O4S. The van der Waals surface area contributed by atoms with Crippen molar-refractivity contribution >= 4 is 21.4 Å². The van der Waals surface area contributed by atoms with Gasteiger partial charge in [-0.2, -0.15) is 0 Å². The standard InChI is InChI=1S/C12H12O4S/c13-11-1-2-12(14)10-4-8-6-17(15,16)5-7(8)3-9(10)11/h1-2,9-10H,3-6H2/t9-,10+. The number of carbonyl (C=O) groups is 2. The predicted octanol–water partition coefficient (Wildman–Crippen LogP) is 0.446. The number of carbonyl (C=O) groups excluding carboxylic acids is 2. The fourth-order valence-corrected chi connectivity index (χ4v) is 4.83. The van der Waals surface area contributed by atoms with E-state index < -0.39 is 9.84 Å². The van der Waals surface area contributed by atoms with Crippen molar-refractivity contribution in [1.82, 2.24) is 0 Å². The highest BCUT2D eigenvalue weighted by atomic mass is 32.2. The fourth-order valence-electron chi connectivity index (χ4n) is 3.02. The number of fused-ring (bicyclic) bond motifs is 1. The second-order valence-electron chi connectivity index (χ2n) is 5.00. The molecule has 3 aliphatic rings. The summed E-state index contributed by atoms with van der Waals surface area (Å²) in [6.45, 7) is 0. The Morgan fingerprint density at radius 1 is 0.882 bits per heavy atom. The summed E-state index contributed by atoms with van der Waals surface area (Å²) in [7, 11) is -3.02. The van der Waals surface area contributed by atoms with Gasteiger partial charge in [-0.3, -0.25) is 9.59 Å². The molecular weight excluding hydrogens is 240 g/mol. The predicted molar refractivity (Wildman–Crippen MR) is 61.0 cm³/mol. The lowest BCUT2D eigenvalue weighted by Gasteiger charge is -2.31. The first-order chi connectivity index (χ1) is 7.96. The van der Waals surface area contributed by atoms with Gasteiger partial charge >= 0.3 is 0 Å². The maximum absolute atomic E-state index is 11.7. The molecule has 0 N–H and O–H groups in total. The summed E-state index contributed by atoms with van der Waals surface area (Å²) < 4.78 is 23.1. The van der Waals surface area contributed by atoms with E-state index in [0.717, 1.165) is 11.1 Å². The molecule has 0 bridgehead atoms. The highest BCUT2D eigenvalue weighted by molar-refractivity contribution is 7.92. The third-order valence-electron chi connectivity index (χ3n) is 3.85. The molecule has 0 amide bonds. The normalized spacial score (nSPS) is 34.8. The molecule has 0 radical (unpaired) electrons. The molecule has 1 heterocycles. The number of rotatable bonds is 0. The van der Waals surface area contributed by atoms with Crippen LogP contribution in [0.1, 0.15) is 12.8 Å². The summed E-state index contributed by atoms with van der Waals surface area (Å²) in [5, 5.41) is 0. The van der Waals surface area contributed by atoms with Gasteiger partial charge in [-0.1, -0.05) is 11.1 Å². The van der Waals surface area contributed by atoms with Crippen molar-refractivity contribution in [3.63, 3.8) is 0 Å². The molecule has 5 heteroatoms. The van der Waals surface area contributed by atoms with Gasteiger partial charge in [0.15, 0.2) is 21.4 Å². The molecule has 17 heavy (non-hydrogen) atoms. The third-order valence-corrected chi connectivity index (χ3v) is 5.43. The van der Waals surface area contributed by atoms with E-state index in [2.05, 4.69) is 0 Å². The Labute approximate surface area is 99.3 Å². The highest BCUT2D eigenvalue weighted by Gasteiger charge is 2.42. The Morgan fingerprint density at radius 3 is 1.71 bits per heavy atom. The van der Waals surface area contributed by atoms with E-state index in [0.29, 0.717) is 12.8 Å². The third kappa shape index (κ3) is 1.69. The molecule has 2 atom stereocenters. The Balaban J connectivity index is 1.96. The van der Waals surface area contributed by atoms with E-state index in [4.69, 9.17) is 0 Å². The Kier molecular flexibility index (Phi) is 2.17. The van der Waals surface area contributed by atoms with E-state index in [-0.39, 0.29) is 34.9 Å². The number of ketones is 2. The summed E-state index contributed by atoms with van der Waals surface area (Å²) in [5.74, 6) is -0.553. The zero-order valence-electron chi connectivity index (χ0n) is 9.18. The van der Waals surface area contributed by atoms with Crippen molar-refractivity contribution in [2.24, 2.45) is 11.8 Å². The topological polar surface area (TPSA) is 68.3 Å². The Hall–Kier alpha value is -1.23. The monoisotopic (exact) mass is 252 g/mol. The van der Waals surface area contributed by atoms with Crippen molar-refractivity contribution < 1.29 is 18.0 Å². The van der Waals surface area contributed by atoms with Crippen LogP contribution >= 0.6 is 0 Å². The maximum atomic E-state index is 11.7. The molecule has 0 aromatic rings. The van der Waals surface area contributed by atoms with E-state index in [1.807, 2.05) is 0 Å². The summed E-state index contributed by atoms with van der Waals surface area (Å²) in [5.41, 5.74) is 1.76. The summed E-state index contributed by atoms with van der Waals surface area (Å²) in [6, 6.07) is 0. The van der Waals surface area contributed by atoms with Crippen LogP contribution in [0.3, 0.4) is 0 Å². The SMILES string of the molecule is O=C1C=CC(=O)[C@@H]2CC3=C(C[C@H]12)CS(=O)(=O)C3. The molecule has 4 nitrogen and oxygen atoms in total. The van der Waals surface area contributed by atoms with Crippen molar-refractivity contribution in [3.8, 4) is 0 Å². The van der Waals surface area contributed by atoms with Crippen molar-refractivity contribution in [3.05, 3.63) is 23.3 Å². The molecule has 0 spiro atoms. The van der Waals surface area contributed by atoms with Gasteiger partial charge in [0.2, 0.25) is 0 Å².